The van der Waals surface area contributed by atoms with Crippen LogP contribution >= 0.6 is 24.0 Å². The van der Waals surface area contributed by atoms with E-state index in [4.69, 9.17) is 4.42 Å². The van der Waals surface area contributed by atoms with Gasteiger partial charge < -0.3 is 15.1 Å². The van der Waals surface area contributed by atoms with Crippen LogP contribution < -0.4 is 10.6 Å². The van der Waals surface area contributed by atoms with Gasteiger partial charge in [-0.1, -0.05) is 0 Å². The fourth-order valence-corrected chi connectivity index (χ4v) is 2.32. The van der Waals surface area contributed by atoms with Gasteiger partial charge in [0.25, 0.3) is 0 Å². The van der Waals surface area contributed by atoms with Crippen molar-refractivity contribution in [2.75, 3.05) is 19.6 Å². The zero-order valence-corrected chi connectivity index (χ0v) is 16.6. The van der Waals surface area contributed by atoms with Crippen molar-refractivity contribution in [1.29, 1.82) is 0 Å². The van der Waals surface area contributed by atoms with E-state index in [1.165, 1.54) is 25.0 Å². The quantitative estimate of drug-likeness (QED) is 0.378. The van der Waals surface area contributed by atoms with Gasteiger partial charge in [-0.05, 0) is 49.9 Å². The Kier molecular flexibility index (Phi) is 7.67. The van der Waals surface area contributed by atoms with Crippen molar-refractivity contribution in [1.82, 2.24) is 15.6 Å². The second kappa shape index (κ2) is 9.74. The first-order chi connectivity index (χ1) is 11.7. The van der Waals surface area contributed by atoms with Crippen LogP contribution in [0.1, 0.15) is 25.5 Å². The minimum absolute atomic E-state index is 0. The molecule has 25 heavy (non-hydrogen) atoms. The minimum atomic E-state index is -0.267. The number of guanidine groups is 1. The molecule has 0 spiro atoms. The van der Waals surface area contributed by atoms with Gasteiger partial charge in [0.2, 0.25) is 5.89 Å². The van der Waals surface area contributed by atoms with Crippen LogP contribution in [0.15, 0.2) is 39.9 Å². The predicted octanol–water partition coefficient (Wildman–Crippen LogP) is 3.61. The number of aromatic nitrogens is 1. The summed E-state index contributed by atoms with van der Waals surface area (Å²) in [6.07, 6.45) is 4.98. The average Bonchev–Trinajstić information content (AvgIpc) is 3.30. The van der Waals surface area contributed by atoms with Gasteiger partial charge >= 0.3 is 0 Å². The smallest absolute Gasteiger partial charge is 0.226 e. The second-order valence-electron chi connectivity index (χ2n) is 5.99. The molecule has 136 valence electrons. The van der Waals surface area contributed by atoms with Gasteiger partial charge in [0.05, 0.1) is 5.69 Å². The molecule has 0 bridgehead atoms. The summed E-state index contributed by atoms with van der Waals surface area (Å²) in [5.74, 6) is 1.87. The number of hydrogen-bond donors (Lipinski definition) is 2. The highest BCUT2D eigenvalue weighted by Crippen LogP contribution is 2.28. The summed E-state index contributed by atoms with van der Waals surface area (Å²) in [5.41, 5.74) is 1.63. The lowest BCUT2D eigenvalue weighted by atomic mass is 10.2. The molecule has 3 rings (SSSR count). The third-order valence-corrected chi connectivity index (χ3v) is 3.87. The first-order valence-corrected chi connectivity index (χ1v) is 8.47. The minimum Gasteiger partial charge on any atom is -0.444 e. The van der Waals surface area contributed by atoms with Gasteiger partial charge in [-0.25, -0.2) is 9.37 Å². The van der Waals surface area contributed by atoms with Gasteiger partial charge in [-0.15, -0.1) is 24.0 Å². The maximum Gasteiger partial charge on any atom is 0.226 e. The highest BCUT2D eigenvalue weighted by atomic mass is 127. The van der Waals surface area contributed by atoms with Crippen molar-refractivity contribution < 1.29 is 8.81 Å². The summed E-state index contributed by atoms with van der Waals surface area (Å²) < 4.78 is 18.4. The molecule has 2 aromatic rings. The fraction of sp³-hybridized carbons (Fsp3) is 0.444. The third-order valence-electron chi connectivity index (χ3n) is 3.87. The lowest BCUT2D eigenvalue weighted by Gasteiger charge is -2.10. The number of aliphatic imine (C=N–C) groups is 1. The van der Waals surface area contributed by atoms with Gasteiger partial charge in [-0.3, -0.25) is 4.99 Å². The van der Waals surface area contributed by atoms with E-state index in [9.17, 15) is 4.39 Å². The predicted molar refractivity (Wildman–Crippen MR) is 108 cm³/mol. The van der Waals surface area contributed by atoms with Crippen molar-refractivity contribution in [3.8, 4) is 11.5 Å². The first kappa shape index (κ1) is 19.7. The van der Waals surface area contributed by atoms with Crippen molar-refractivity contribution in [3.63, 3.8) is 0 Å². The molecule has 0 unspecified atom stereocenters. The van der Waals surface area contributed by atoms with Crippen LogP contribution in [-0.2, 0) is 6.42 Å². The van der Waals surface area contributed by atoms with E-state index >= 15 is 0 Å². The highest BCUT2D eigenvalue weighted by Gasteiger charge is 2.20. The topological polar surface area (TPSA) is 62.5 Å². The lowest BCUT2D eigenvalue weighted by molar-refractivity contribution is 0.571. The van der Waals surface area contributed by atoms with E-state index in [2.05, 4.69) is 27.5 Å². The summed E-state index contributed by atoms with van der Waals surface area (Å²) in [6.45, 7) is 4.52. The molecule has 0 saturated heterocycles. The molecule has 2 N–H and O–H groups in total. The molecule has 0 radical (unpaired) electrons. The molecular weight excluding hydrogens is 434 g/mol. The monoisotopic (exact) mass is 458 g/mol. The largest absolute Gasteiger partial charge is 0.444 e. The molecule has 5 nitrogen and oxygen atoms in total. The normalized spacial score (nSPS) is 14.1. The zero-order chi connectivity index (χ0) is 16.8. The van der Waals surface area contributed by atoms with Crippen molar-refractivity contribution in [2.24, 2.45) is 10.9 Å². The summed E-state index contributed by atoms with van der Waals surface area (Å²) in [5, 5.41) is 6.56. The Morgan fingerprint density at radius 2 is 2.04 bits per heavy atom. The lowest BCUT2D eigenvalue weighted by Crippen LogP contribution is -2.38. The fourth-order valence-electron chi connectivity index (χ4n) is 2.32. The maximum atomic E-state index is 13.0. The highest BCUT2D eigenvalue weighted by molar-refractivity contribution is 14.0. The third kappa shape index (κ3) is 6.30. The number of nitrogens with one attached hydrogen (secondary N) is 2. The van der Waals surface area contributed by atoms with Crippen LogP contribution in [0.25, 0.3) is 11.5 Å². The van der Waals surface area contributed by atoms with E-state index in [0.29, 0.717) is 5.89 Å². The molecule has 1 aliphatic carbocycles. The second-order valence-corrected chi connectivity index (χ2v) is 5.99. The van der Waals surface area contributed by atoms with Crippen molar-refractivity contribution >= 4 is 29.9 Å². The molecule has 1 heterocycles. The number of nitrogens with zero attached hydrogens (tertiary/aromatic N) is 2. The number of rotatable bonds is 7. The molecule has 1 aromatic carbocycles. The van der Waals surface area contributed by atoms with Crippen LogP contribution in [0.5, 0.6) is 0 Å². The Morgan fingerprint density at radius 1 is 1.28 bits per heavy atom. The molecule has 1 aliphatic rings. The van der Waals surface area contributed by atoms with Crippen LogP contribution in [0.3, 0.4) is 0 Å². The van der Waals surface area contributed by atoms with Gasteiger partial charge in [-0.2, -0.15) is 0 Å². The molecule has 1 saturated carbocycles. The molecule has 0 amide bonds. The van der Waals surface area contributed by atoms with E-state index in [1.807, 2.05) is 0 Å². The average molecular weight is 458 g/mol. The van der Waals surface area contributed by atoms with E-state index in [-0.39, 0.29) is 29.8 Å². The Balaban J connectivity index is 0.00000225. The van der Waals surface area contributed by atoms with Crippen LogP contribution in [0.4, 0.5) is 4.39 Å². The Morgan fingerprint density at radius 3 is 2.72 bits per heavy atom. The summed E-state index contributed by atoms with van der Waals surface area (Å²) >= 11 is 0. The van der Waals surface area contributed by atoms with Gasteiger partial charge in [0.1, 0.15) is 12.1 Å². The summed E-state index contributed by atoms with van der Waals surface area (Å²) in [4.78, 5) is 9.03. The number of oxazole rings is 1. The van der Waals surface area contributed by atoms with Crippen molar-refractivity contribution in [2.45, 2.75) is 26.2 Å². The van der Waals surface area contributed by atoms with E-state index in [0.717, 1.165) is 49.2 Å². The van der Waals surface area contributed by atoms with Crippen molar-refractivity contribution in [3.05, 3.63) is 42.0 Å². The Hall–Kier alpha value is -1.64. The first-order valence-electron chi connectivity index (χ1n) is 8.47. The molecule has 0 atom stereocenters. The molecule has 7 heteroatoms. The summed E-state index contributed by atoms with van der Waals surface area (Å²) in [6, 6.07) is 6.13. The number of halogens is 2. The van der Waals surface area contributed by atoms with Crippen LogP contribution in [-0.4, -0.2) is 30.6 Å². The van der Waals surface area contributed by atoms with Gasteiger partial charge in [0.15, 0.2) is 5.96 Å². The molecule has 1 aromatic heterocycles. The molecule has 1 fully saturated rings. The number of benzene rings is 1. The number of hydrogen-bond acceptors (Lipinski definition) is 3. The van der Waals surface area contributed by atoms with E-state index in [1.54, 1.807) is 18.4 Å². The standard InChI is InChI=1S/C18H23FN4O.HI/c1-2-20-18(22-11-13-3-4-13)21-10-9-16-12-24-17(23-16)14-5-7-15(19)8-6-14;/h5-8,12-13H,2-4,9-11H2,1H3,(H2,20,21,22);1H. The van der Waals surface area contributed by atoms with E-state index < -0.39 is 0 Å². The molecular formula is C18H24FIN4O. The Labute approximate surface area is 164 Å². The van der Waals surface area contributed by atoms with Crippen LogP contribution in [0.2, 0.25) is 0 Å². The SMILES string of the molecule is CCNC(=NCC1CC1)NCCc1coc(-c2ccc(F)cc2)n1.I. The summed E-state index contributed by atoms with van der Waals surface area (Å²) in [7, 11) is 0. The zero-order valence-electron chi connectivity index (χ0n) is 14.3. The van der Waals surface area contributed by atoms with Gasteiger partial charge in [0, 0.05) is 31.6 Å². The molecule has 0 aliphatic heterocycles. The Bertz CT molecular complexity index is 683. The maximum absolute atomic E-state index is 13.0. The van der Waals surface area contributed by atoms with Crippen LogP contribution in [0, 0.1) is 11.7 Å².